The number of ether oxygens (including phenoxy) is 2. The van der Waals surface area contributed by atoms with Crippen LogP contribution in [-0.2, 0) is 39.4 Å². The second-order valence-corrected chi connectivity index (χ2v) is 11.8. The van der Waals surface area contributed by atoms with Crippen LogP contribution in [0, 0.1) is 5.92 Å². The van der Waals surface area contributed by atoms with Gasteiger partial charge in [-0.3, -0.25) is 4.90 Å². The number of pyridine rings is 1. The molecule has 1 aliphatic carbocycles. The summed E-state index contributed by atoms with van der Waals surface area (Å²) < 4.78 is 14.2. The number of benzene rings is 2. The van der Waals surface area contributed by atoms with E-state index in [0.717, 1.165) is 68.2 Å². The second kappa shape index (κ2) is 11.9. The average molecular weight is 594 g/mol. The summed E-state index contributed by atoms with van der Waals surface area (Å²) in [7, 11) is 0. The van der Waals surface area contributed by atoms with E-state index in [1.165, 1.54) is 11.9 Å². The Balaban J connectivity index is 0.000000967. The van der Waals surface area contributed by atoms with Gasteiger partial charge >= 0.3 is 6.15 Å². The van der Waals surface area contributed by atoms with Gasteiger partial charge in [-0.25, -0.2) is 9.97 Å². The van der Waals surface area contributed by atoms with E-state index in [9.17, 15) is 0 Å². The highest BCUT2D eigenvalue weighted by molar-refractivity contribution is 6.35. The van der Waals surface area contributed by atoms with Crippen molar-refractivity contribution in [2.75, 3.05) is 19.7 Å². The normalized spacial score (nSPS) is 23.1. The fourth-order valence-corrected chi connectivity index (χ4v) is 6.58. The highest BCUT2D eigenvalue weighted by atomic mass is 35.5. The molecule has 1 saturated carbocycles. The van der Waals surface area contributed by atoms with Gasteiger partial charge in [0.1, 0.15) is 12.4 Å². The van der Waals surface area contributed by atoms with Crippen LogP contribution in [0.2, 0.25) is 10.0 Å². The van der Waals surface area contributed by atoms with Crippen molar-refractivity contribution >= 4 is 40.4 Å². The molecule has 8 nitrogen and oxygen atoms in total. The molecule has 3 atom stereocenters. The molecule has 10 heteroatoms. The van der Waals surface area contributed by atoms with Crippen molar-refractivity contribution < 1.29 is 19.1 Å². The summed E-state index contributed by atoms with van der Waals surface area (Å²) in [4.78, 5) is 28.8. The third kappa shape index (κ3) is 5.89. The van der Waals surface area contributed by atoms with E-state index >= 15 is 0 Å². The Morgan fingerprint density at radius 2 is 1.90 bits per heavy atom. The number of carbonyl (C=O) groups excluding carboxylic acids is 2. The third-order valence-corrected chi connectivity index (χ3v) is 9.07. The minimum Gasteiger partial charge on any atom is -0.473 e. The number of para-hydroxylation sites is 2. The molecule has 4 heterocycles. The number of rotatable bonds is 8. The Hall–Kier alpha value is -3.26. The average Bonchev–Trinajstić information content (AvgIpc) is 3.58. The Kier molecular flexibility index (Phi) is 8.11. The zero-order valence-electron chi connectivity index (χ0n) is 22.5. The number of imidazole rings is 1. The van der Waals surface area contributed by atoms with E-state index in [1.54, 1.807) is 6.07 Å². The number of fused-ring (bicyclic) bond motifs is 2. The van der Waals surface area contributed by atoms with Crippen LogP contribution >= 0.6 is 23.2 Å². The van der Waals surface area contributed by atoms with E-state index < -0.39 is 0 Å². The predicted octanol–water partition coefficient (Wildman–Crippen LogP) is 5.69. The molecule has 7 rings (SSSR count). The van der Waals surface area contributed by atoms with Crippen LogP contribution in [-0.4, -0.2) is 51.4 Å². The summed E-state index contributed by atoms with van der Waals surface area (Å²) in [5.74, 6) is 2.39. The van der Waals surface area contributed by atoms with Crippen molar-refractivity contribution in [2.24, 2.45) is 5.92 Å². The lowest BCUT2D eigenvalue weighted by Crippen LogP contribution is -2.37. The van der Waals surface area contributed by atoms with Crippen molar-refractivity contribution in [1.82, 2.24) is 19.4 Å². The molecule has 41 heavy (non-hydrogen) atoms. The molecule has 2 aliphatic heterocycles. The quantitative estimate of drug-likeness (QED) is 0.260. The summed E-state index contributed by atoms with van der Waals surface area (Å²) in [6, 6.07) is 20.1. The Morgan fingerprint density at radius 1 is 1.07 bits per heavy atom. The molecule has 3 aliphatic rings. The first-order valence-corrected chi connectivity index (χ1v) is 14.6. The summed E-state index contributed by atoms with van der Waals surface area (Å²) >= 11 is 12.3. The van der Waals surface area contributed by atoms with Crippen molar-refractivity contribution in [1.29, 1.82) is 0 Å². The summed E-state index contributed by atoms with van der Waals surface area (Å²) in [6.45, 7) is 5.09. The smallest absolute Gasteiger partial charge is 0.373 e. The summed E-state index contributed by atoms with van der Waals surface area (Å²) in [5.41, 5.74) is 4.48. The van der Waals surface area contributed by atoms with Crippen molar-refractivity contribution in [3.8, 4) is 5.88 Å². The van der Waals surface area contributed by atoms with Gasteiger partial charge in [-0.15, -0.1) is 0 Å². The summed E-state index contributed by atoms with van der Waals surface area (Å²) in [5, 5.41) is 1.23. The maximum Gasteiger partial charge on any atom is 0.373 e. The second-order valence-electron chi connectivity index (χ2n) is 10.9. The number of hydrogen-bond acceptors (Lipinski definition) is 7. The van der Waals surface area contributed by atoms with Crippen molar-refractivity contribution in [3.63, 3.8) is 0 Å². The van der Waals surface area contributed by atoms with Gasteiger partial charge in [-0.05, 0) is 62.1 Å². The molecule has 2 aromatic heterocycles. The highest BCUT2D eigenvalue weighted by Gasteiger charge is 2.58. The lowest BCUT2D eigenvalue weighted by molar-refractivity contribution is -0.191. The molecule has 2 saturated heterocycles. The van der Waals surface area contributed by atoms with E-state index in [2.05, 4.69) is 45.9 Å². The van der Waals surface area contributed by atoms with Gasteiger partial charge in [0.25, 0.3) is 0 Å². The van der Waals surface area contributed by atoms with Gasteiger partial charge in [0.05, 0.1) is 35.9 Å². The number of nitrogens with zero attached hydrogens (tertiary/aromatic N) is 4. The van der Waals surface area contributed by atoms with Crippen LogP contribution in [0.4, 0.5) is 0 Å². The maximum absolute atomic E-state index is 8.12. The lowest BCUT2D eigenvalue weighted by atomic mass is 9.91. The number of halogens is 2. The van der Waals surface area contributed by atoms with Crippen LogP contribution in [0.3, 0.4) is 0 Å². The van der Waals surface area contributed by atoms with E-state index in [1.807, 2.05) is 18.2 Å². The third-order valence-electron chi connectivity index (χ3n) is 8.49. The Bertz CT molecular complexity index is 1580. The lowest BCUT2D eigenvalue weighted by Gasteiger charge is -2.32. The Labute approximate surface area is 248 Å². The van der Waals surface area contributed by atoms with Gasteiger partial charge in [0, 0.05) is 40.2 Å². The van der Waals surface area contributed by atoms with E-state index in [-0.39, 0.29) is 11.6 Å². The highest BCUT2D eigenvalue weighted by Crippen LogP contribution is 2.59. The zero-order valence-corrected chi connectivity index (χ0v) is 24.0. The largest absolute Gasteiger partial charge is 0.473 e. The topological polar surface area (TPSA) is 86.5 Å². The molecule has 0 unspecified atom stereocenters. The molecular weight excluding hydrogens is 563 g/mol. The van der Waals surface area contributed by atoms with Crippen molar-refractivity contribution in [3.05, 3.63) is 87.8 Å². The molecule has 212 valence electrons. The molecule has 0 radical (unpaired) electrons. The van der Waals surface area contributed by atoms with Crippen LogP contribution in [0.1, 0.15) is 36.3 Å². The fraction of sp³-hybridized carbons (Fsp3) is 0.387. The molecule has 2 aromatic carbocycles. The molecule has 0 amide bonds. The van der Waals surface area contributed by atoms with Crippen LogP contribution < -0.4 is 4.74 Å². The molecule has 0 spiro atoms. The summed E-state index contributed by atoms with van der Waals surface area (Å²) in [6.07, 6.45) is 3.96. The van der Waals surface area contributed by atoms with Gasteiger partial charge in [0.15, 0.2) is 0 Å². The molecule has 0 bridgehead atoms. The van der Waals surface area contributed by atoms with E-state index in [0.29, 0.717) is 34.6 Å². The molecule has 0 N–H and O–H groups in total. The number of hydrogen-bond donors (Lipinski definition) is 0. The van der Waals surface area contributed by atoms with Crippen LogP contribution in [0.25, 0.3) is 11.0 Å². The number of likely N-dealkylation sites (tertiary alicyclic amines) is 1. The first-order valence-electron chi connectivity index (χ1n) is 13.8. The molecular formula is C31H30Cl2N4O4. The number of piperidine rings is 1. The first-order chi connectivity index (χ1) is 20.0. The minimum absolute atomic E-state index is 0.160. The van der Waals surface area contributed by atoms with Gasteiger partial charge < -0.3 is 14.0 Å². The first kappa shape index (κ1) is 27.9. The van der Waals surface area contributed by atoms with Gasteiger partial charge in [-0.1, -0.05) is 47.5 Å². The van der Waals surface area contributed by atoms with Gasteiger partial charge in [-0.2, -0.15) is 9.59 Å². The zero-order chi connectivity index (χ0) is 28.4. The fourth-order valence-electron chi connectivity index (χ4n) is 6.12. The minimum atomic E-state index is 0.160. The molecule has 3 fully saturated rings. The van der Waals surface area contributed by atoms with Crippen LogP contribution in [0.15, 0.2) is 60.7 Å². The maximum atomic E-state index is 8.12. The van der Waals surface area contributed by atoms with E-state index in [4.69, 9.17) is 52.2 Å². The van der Waals surface area contributed by atoms with Crippen molar-refractivity contribution in [2.45, 2.75) is 50.5 Å². The monoisotopic (exact) mass is 592 g/mol. The SMILES string of the molecule is Clc1ccc(COc2cccc([C@]34CCN(Cc5nc6ccccc6n5C[C@@H]5CCO5)C[C@H]3C4)n2)c(Cl)c1.O=C=O. The van der Waals surface area contributed by atoms with Crippen LogP contribution in [0.5, 0.6) is 5.88 Å². The van der Waals surface area contributed by atoms with Gasteiger partial charge in [0.2, 0.25) is 5.88 Å². The Morgan fingerprint density at radius 3 is 2.66 bits per heavy atom. The standard InChI is InChI=1S/C30H30Cl2N4O2.CO2/c31-22-9-8-20(24(32)14-22)19-38-29-7-3-6-27(34-29)30-11-12-35(16-21(30)15-30)18-28-33-25-4-1-2-5-26(25)36(28)17-23-10-13-37-23;2-1-3/h1-9,14,21,23H,10-13,15-19H2;/t21-,23+,30+;/m1./s1. The number of aromatic nitrogens is 3. The molecule has 4 aromatic rings. The predicted molar refractivity (Wildman–Crippen MR) is 154 cm³/mol.